The standard InChI is InChI=1S/C21H21F3N2O3/c22-21(23,24)8-11-29-16-4-5-17-14(2-1-3-15(17)12-16)6-10-26-19-13-25-9-7-18(19)20(27)28/h4-5,7,9-10,12-14H,1-3,6,8,11H2,(H,27,28). The second kappa shape index (κ2) is 9.07. The lowest BCUT2D eigenvalue weighted by Crippen LogP contribution is -2.14. The van der Waals surface area contributed by atoms with E-state index < -0.39 is 25.2 Å². The molecule has 0 spiro atoms. The molecule has 0 radical (unpaired) electrons. The molecule has 0 bridgehead atoms. The van der Waals surface area contributed by atoms with Crippen LogP contribution in [0.2, 0.25) is 0 Å². The van der Waals surface area contributed by atoms with E-state index in [-0.39, 0.29) is 11.5 Å². The van der Waals surface area contributed by atoms with Crippen LogP contribution in [0.5, 0.6) is 5.75 Å². The van der Waals surface area contributed by atoms with Crippen molar-refractivity contribution in [3.05, 3.63) is 53.3 Å². The molecule has 0 fully saturated rings. The summed E-state index contributed by atoms with van der Waals surface area (Å²) in [7, 11) is 0. The number of nitrogens with zero attached hydrogens (tertiary/aromatic N) is 2. The van der Waals surface area contributed by atoms with Gasteiger partial charge in [-0.2, -0.15) is 13.2 Å². The van der Waals surface area contributed by atoms with Gasteiger partial charge in [0, 0.05) is 12.4 Å². The molecule has 0 saturated heterocycles. The van der Waals surface area contributed by atoms with Crippen molar-refractivity contribution in [2.24, 2.45) is 4.99 Å². The molecule has 8 heteroatoms. The van der Waals surface area contributed by atoms with Crippen molar-refractivity contribution >= 4 is 17.9 Å². The second-order valence-corrected chi connectivity index (χ2v) is 6.91. The number of benzene rings is 1. The third-order valence-corrected chi connectivity index (χ3v) is 4.86. The average molecular weight is 406 g/mol. The van der Waals surface area contributed by atoms with Gasteiger partial charge in [0.05, 0.1) is 30.5 Å². The van der Waals surface area contributed by atoms with Gasteiger partial charge < -0.3 is 9.84 Å². The number of rotatable bonds is 7. The molecule has 1 heterocycles. The summed E-state index contributed by atoms with van der Waals surface area (Å²) in [5, 5.41) is 9.20. The number of hydrogen-bond acceptors (Lipinski definition) is 4. The summed E-state index contributed by atoms with van der Waals surface area (Å²) in [4.78, 5) is 19.4. The van der Waals surface area contributed by atoms with E-state index >= 15 is 0 Å². The van der Waals surface area contributed by atoms with Gasteiger partial charge in [0.25, 0.3) is 0 Å². The van der Waals surface area contributed by atoms with E-state index in [1.165, 1.54) is 18.5 Å². The fourth-order valence-electron chi connectivity index (χ4n) is 3.46. The van der Waals surface area contributed by atoms with Crippen molar-refractivity contribution in [2.45, 2.75) is 44.2 Å². The topological polar surface area (TPSA) is 71.8 Å². The van der Waals surface area contributed by atoms with E-state index in [2.05, 4.69) is 9.98 Å². The minimum Gasteiger partial charge on any atom is -0.493 e. The SMILES string of the molecule is O=C(O)c1ccncc1N=CCC1CCCc2cc(OCCC(F)(F)F)ccc21. The van der Waals surface area contributed by atoms with Crippen molar-refractivity contribution in [2.75, 3.05) is 6.61 Å². The number of ether oxygens (including phenoxy) is 1. The number of aromatic carboxylic acids is 1. The molecule has 154 valence electrons. The van der Waals surface area contributed by atoms with Gasteiger partial charge in [0.2, 0.25) is 0 Å². The Morgan fingerprint density at radius 2 is 2.17 bits per heavy atom. The first-order chi connectivity index (χ1) is 13.8. The maximum Gasteiger partial charge on any atom is 0.392 e. The van der Waals surface area contributed by atoms with Crippen molar-refractivity contribution < 1.29 is 27.8 Å². The number of fused-ring (bicyclic) bond motifs is 1. The Bertz CT molecular complexity index is 897. The van der Waals surface area contributed by atoms with Crippen LogP contribution in [0, 0.1) is 0 Å². The summed E-state index contributed by atoms with van der Waals surface area (Å²) in [6.45, 7) is -0.393. The van der Waals surface area contributed by atoms with Crippen molar-refractivity contribution in [1.29, 1.82) is 0 Å². The molecule has 1 atom stereocenters. The summed E-state index contributed by atoms with van der Waals surface area (Å²) in [5.74, 6) is -0.388. The highest BCUT2D eigenvalue weighted by Gasteiger charge is 2.27. The van der Waals surface area contributed by atoms with Crippen LogP contribution in [0.15, 0.2) is 41.7 Å². The molecule has 1 unspecified atom stereocenters. The molecule has 0 saturated carbocycles. The molecule has 1 aromatic carbocycles. The van der Waals surface area contributed by atoms with Crippen LogP contribution >= 0.6 is 0 Å². The highest BCUT2D eigenvalue weighted by Crippen LogP contribution is 2.35. The van der Waals surface area contributed by atoms with Gasteiger partial charge in [-0.1, -0.05) is 6.07 Å². The first-order valence-corrected chi connectivity index (χ1v) is 9.35. The zero-order valence-corrected chi connectivity index (χ0v) is 15.7. The van der Waals surface area contributed by atoms with Crippen LogP contribution in [0.1, 0.15) is 53.1 Å². The number of aryl methyl sites for hydroxylation is 1. The number of carboxylic acids is 1. The predicted octanol–water partition coefficient (Wildman–Crippen LogP) is 5.32. The molecular weight excluding hydrogens is 385 g/mol. The minimum absolute atomic E-state index is 0.0981. The minimum atomic E-state index is -4.23. The van der Waals surface area contributed by atoms with Crippen LogP contribution in [0.4, 0.5) is 18.9 Å². The van der Waals surface area contributed by atoms with E-state index in [0.717, 1.165) is 30.4 Å². The number of aliphatic imine (C=N–C) groups is 1. The van der Waals surface area contributed by atoms with E-state index in [9.17, 15) is 23.1 Å². The fourth-order valence-corrected chi connectivity index (χ4v) is 3.46. The summed E-state index contributed by atoms with van der Waals surface area (Å²) in [6, 6.07) is 6.83. The van der Waals surface area contributed by atoms with Crippen molar-refractivity contribution in [3.8, 4) is 5.75 Å². The highest BCUT2D eigenvalue weighted by molar-refractivity contribution is 5.93. The number of carbonyl (C=O) groups is 1. The molecule has 29 heavy (non-hydrogen) atoms. The predicted molar refractivity (Wildman–Crippen MR) is 102 cm³/mol. The average Bonchev–Trinajstić information content (AvgIpc) is 2.67. The normalized spacial score (nSPS) is 16.6. The Hall–Kier alpha value is -2.90. The van der Waals surface area contributed by atoms with Gasteiger partial charge in [-0.3, -0.25) is 9.98 Å². The smallest absolute Gasteiger partial charge is 0.392 e. The summed E-state index contributed by atoms with van der Waals surface area (Å²) < 4.78 is 42.0. The quantitative estimate of drug-likeness (QED) is 0.632. The summed E-state index contributed by atoms with van der Waals surface area (Å²) in [6.07, 6.45) is 2.74. The van der Waals surface area contributed by atoms with E-state index in [0.29, 0.717) is 17.9 Å². The molecule has 0 aliphatic heterocycles. The Morgan fingerprint density at radius 3 is 2.93 bits per heavy atom. The molecule has 0 amide bonds. The molecule has 1 aliphatic rings. The van der Waals surface area contributed by atoms with Crippen molar-refractivity contribution in [3.63, 3.8) is 0 Å². The van der Waals surface area contributed by atoms with E-state index in [1.54, 1.807) is 12.3 Å². The Kier molecular flexibility index (Phi) is 6.51. The highest BCUT2D eigenvalue weighted by atomic mass is 19.4. The van der Waals surface area contributed by atoms with Crippen LogP contribution in [0.25, 0.3) is 0 Å². The fraction of sp³-hybridized carbons (Fsp3) is 0.381. The number of hydrogen-bond donors (Lipinski definition) is 1. The zero-order valence-electron chi connectivity index (χ0n) is 15.7. The maximum absolute atomic E-state index is 12.3. The summed E-state index contributed by atoms with van der Waals surface area (Å²) in [5.41, 5.74) is 2.62. The van der Waals surface area contributed by atoms with Gasteiger partial charge in [0.1, 0.15) is 5.75 Å². The lowest BCUT2D eigenvalue weighted by Gasteiger charge is -2.25. The lowest BCUT2D eigenvalue weighted by molar-refractivity contribution is -0.139. The first kappa shape index (κ1) is 20.8. The van der Waals surface area contributed by atoms with Gasteiger partial charge in [0.15, 0.2) is 0 Å². The molecule has 1 N–H and O–H groups in total. The number of carboxylic acid groups (broad SMARTS) is 1. The Labute approximate surface area is 166 Å². The Balaban J connectivity index is 1.66. The van der Waals surface area contributed by atoms with Gasteiger partial charge in [-0.05, 0) is 60.9 Å². The number of alkyl halides is 3. The summed E-state index contributed by atoms with van der Waals surface area (Å²) >= 11 is 0. The number of aromatic nitrogens is 1. The molecule has 1 aliphatic carbocycles. The maximum atomic E-state index is 12.3. The van der Waals surface area contributed by atoms with Crippen LogP contribution in [-0.2, 0) is 6.42 Å². The number of halogens is 3. The lowest BCUT2D eigenvalue weighted by atomic mass is 9.81. The van der Waals surface area contributed by atoms with Gasteiger partial charge in [-0.15, -0.1) is 0 Å². The molecular formula is C21H21F3N2O3. The Morgan fingerprint density at radius 1 is 1.34 bits per heavy atom. The zero-order chi connectivity index (χ0) is 20.9. The van der Waals surface area contributed by atoms with Crippen LogP contribution in [-0.4, -0.2) is 35.1 Å². The molecule has 1 aromatic heterocycles. The molecule has 3 rings (SSSR count). The molecule has 5 nitrogen and oxygen atoms in total. The third-order valence-electron chi connectivity index (χ3n) is 4.86. The van der Waals surface area contributed by atoms with Gasteiger partial charge >= 0.3 is 12.1 Å². The third kappa shape index (κ3) is 5.79. The van der Waals surface area contributed by atoms with Crippen LogP contribution < -0.4 is 4.74 Å². The second-order valence-electron chi connectivity index (χ2n) is 6.91. The van der Waals surface area contributed by atoms with Crippen molar-refractivity contribution in [1.82, 2.24) is 4.98 Å². The monoisotopic (exact) mass is 406 g/mol. The largest absolute Gasteiger partial charge is 0.493 e. The van der Waals surface area contributed by atoms with E-state index in [4.69, 9.17) is 4.74 Å². The number of pyridine rings is 1. The first-order valence-electron chi connectivity index (χ1n) is 9.35. The van der Waals surface area contributed by atoms with Gasteiger partial charge in [-0.25, -0.2) is 4.79 Å². The van der Waals surface area contributed by atoms with Crippen LogP contribution in [0.3, 0.4) is 0 Å². The molecule has 2 aromatic rings. The van der Waals surface area contributed by atoms with E-state index in [1.807, 2.05) is 12.1 Å².